The van der Waals surface area contributed by atoms with E-state index in [0.717, 1.165) is 25.5 Å². The Hall–Kier alpha value is -1.02. The van der Waals surface area contributed by atoms with Gasteiger partial charge in [0, 0.05) is 12.5 Å². The van der Waals surface area contributed by atoms with E-state index in [1.54, 1.807) is 0 Å². The molecule has 1 aromatic rings. The van der Waals surface area contributed by atoms with Gasteiger partial charge in [-0.2, -0.15) is 0 Å². The maximum Gasteiger partial charge on any atom is 0.126 e. The third-order valence-electron chi connectivity index (χ3n) is 4.59. The van der Waals surface area contributed by atoms with Crippen LogP contribution < -0.4 is 10.1 Å². The fourth-order valence-electron chi connectivity index (χ4n) is 3.61. The summed E-state index contributed by atoms with van der Waals surface area (Å²) in [5, 5.41) is 3.61. The van der Waals surface area contributed by atoms with Gasteiger partial charge in [-0.05, 0) is 42.3 Å². The molecule has 2 atom stereocenters. The molecule has 0 aromatic heterocycles. The van der Waals surface area contributed by atoms with Crippen molar-refractivity contribution < 1.29 is 4.74 Å². The minimum Gasteiger partial charge on any atom is -0.493 e. The molecule has 3 rings (SSSR count). The SMILES string of the molecule is CC(C)NCC1CCCC1c1cccc2c1OCC2. The lowest BCUT2D eigenvalue weighted by atomic mass is 9.87. The number of nitrogens with one attached hydrogen (secondary N) is 1. The summed E-state index contributed by atoms with van der Waals surface area (Å²) in [4.78, 5) is 0. The molecule has 2 aliphatic rings. The molecule has 0 radical (unpaired) electrons. The van der Waals surface area contributed by atoms with Crippen LogP contribution in [0.4, 0.5) is 0 Å². The van der Waals surface area contributed by atoms with Crippen molar-refractivity contribution >= 4 is 0 Å². The molecule has 19 heavy (non-hydrogen) atoms. The van der Waals surface area contributed by atoms with Crippen molar-refractivity contribution in [1.82, 2.24) is 5.32 Å². The zero-order chi connectivity index (χ0) is 13.2. The first-order chi connectivity index (χ1) is 9.25. The molecule has 1 heterocycles. The van der Waals surface area contributed by atoms with Crippen molar-refractivity contribution in [3.8, 4) is 5.75 Å². The molecule has 1 N–H and O–H groups in total. The summed E-state index contributed by atoms with van der Waals surface area (Å²) in [5.41, 5.74) is 2.89. The highest BCUT2D eigenvalue weighted by Gasteiger charge is 2.32. The van der Waals surface area contributed by atoms with Crippen molar-refractivity contribution in [1.29, 1.82) is 0 Å². The van der Waals surface area contributed by atoms with Gasteiger partial charge in [0.2, 0.25) is 0 Å². The predicted octanol–water partition coefficient (Wildman–Crippen LogP) is 3.50. The molecule has 1 aromatic carbocycles. The highest BCUT2D eigenvalue weighted by atomic mass is 16.5. The van der Waals surface area contributed by atoms with Crippen molar-refractivity contribution in [2.75, 3.05) is 13.2 Å². The van der Waals surface area contributed by atoms with Crippen LogP contribution in [0.15, 0.2) is 18.2 Å². The molecule has 1 saturated carbocycles. The molecule has 2 nitrogen and oxygen atoms in total. The Labute approximate surface area is 116 Å². The molecule has 0 saturated heterocycles. The Balaban J connectivity index is 1.79. The molecular weight excluding hydrogens is 234 g/mol. The lowest BCUT2D eigenvalue weighted by Gasteiger charge is -2.23. The van der Waals surface area contributed by atoms with E-state index in [4.69, 9.17) is 4.74 Å². The second kappa shape index (κ2) is 5.54. The third-order valence-corrected chi connectivity index (χ3v) is 4.59. The standard InChI is InChI=1S/C17H25NO/c1-12(2)18-11-14-6-4-7-15(14)16-8-3-5-13-9-10-19-17(13)16/h3,5,8,12,14-15,18H,4,6-7,9-11H2,1-2H3. The van der Waals surface area contributed by atoms with Gasteiger partial charge in [0.15, 0.2) is 0 Å². The lowest BCUT2D eigenvalue weighted by Crippen LogP contribution is -2.30. The first-order valence-corrected chi connectivity index (χ1v) is 7.73. The van der Waals surface area contributed by atoms with Crippen LogP contribution in [0.1, 0.15) is 50.2 Å². The van der Waals surface area contributed by atoms with E-state index in [-0.39, 0.29) is 0 Å². The molecule has 1 aliphatic carbocycles. The predicted molar refractivity (Wildman–Crippen MR) is 78.9 cm³/mol. The van der Waals surface area contributed by atoms with Crippen LogP contribution in [0.3, 0.4) is 0 Å². The van der Waals surface area contributed by atoms with Gasteiger partial charge < -0.3 is 10.1 Å². The number of ether oxygens (including phenoxy) is 1. The fourth-order valence-corrected chi connectivity index (χ4v) is 3.61. The topological polar surface area (TPSA) is 21.3 Å². The van der Waals surface area contributed by atoms with Gasteiger partial charge >= 0.3 is 0 Å². The maximum absolute atomic E-state index is 5.90. The van der Waals surface area contributed by atoms with E-state index in [0.29, 0.717) is 12.0 Å². The molecule has 104 valence electrons. The summed E-state index contributed by atoms with van der Waals surface area (Å²) in [6, 6.07) is 7.32. The normalized spacial score (nSPS) is 25.6. The second-order valence-corrected chi connectivity index (χ2v) is 6.29. The van der Waals surface area contributed by atoms with Crippen LogP contribution in [-0.4, -0.2) is 19.2 Å². The van der Waals surface area contributed by atoms with Gasteiger partial charge in [-0.25, -0.2) is 0 Å². The monoisotopic (exact) mass is 259 g/mol. The number of para-hydroxylation sites is 1. The highest BCUT2D eigenvalue weighted by Crippen LogP contribution is 2.45. The van der Waals surface area contributed by atoms with Gasteiger partial charge in [-0.15, -0.1) is 0 Å². The van der Waals surface area contributed by atoms with E-state index in [1.165, 1.54) is 36.1 Å². The van der Waals surface area contributed by atoms with Crippen molar-refractivity contribution in [3.63, 3.8) is 0 Å². The Morgan fingerprint density at radius 2 is 2.21 bits per heavy atom. The quantitative estimate of drug-likeness (QED) is 0.893. The average molecular weight is 259 g/mol. The van der Waals surface area contributed by atoms with Gasteiger partial charge in [-0.1, -0.05) is 38.5 Å². The molecule has 1 fully saturated rings. The van der Waals surface area contributed by atoms with Crippen LogP contribution in [0.5, 0.6) is 5.75 Å². The van der Waals surface area contributed by atoms with Gasteiger partial charge in [0.1, 0.15) is 5.75 Å². The number of benzene rings is 1. The lowest BCUT2D eigenvalue weighted by molar-refractivity contribution is 0.344. The Kier molecular flexibility index (Phi) is 3.79. The summed E-state index contributed by atoms with van der Waals surface area (Å²) in [6.07, 6.45) is 5.13. The van der Waals surface area contributed by atoms with Crippen molar-refractivity contribution in [2.45, 2.75) is 51.5 Å². The largest absolute Gasteiger partial charge is 0.493 e. The second-order valence-electron chi connectivity index (χ2n) is 6.29. The van der Waals surface area contributed by atoms with Crippen LogP contribution in [0.25, 0.3) is 0 Å². The number of fused-ring (bicyclic) bond motifs is 1. The van der Waals surface area contributed by atoms with Crippen LogP contribution in [0.2, 0.25) is 0 Å². The zero-order valence-electron chi connectivity index (χ0n) is 12.1. The molecular formula is C17H25NO. The van der Waals surface area contributed by atoms with E-state index >= 15 is 0 Å². The van der Waals surface area contributed by atoms with Crippen LogP contribution >= 0.6 is 0 Å². The number of hydrogen-bond acceptors (Lipinski definition) is 2. The summed E-state index contributed by atoms with van der Waals surface area (Å²) in [6.45, 7) is 6.47. The fraction of sp³-hybridized carbons (Fsp3) is 0.647. The van der Waals surface area contributed by atoms with Crippen LogP contribution in [-0.2, 0) is 6.42 Å². The molecule has 0 spiro atoms. The van der Waals surface area contributed by atoms with Gasteiger partial charge in [-0.3, -0.25) is 0 Å². The van der Waals surface area contributed by atoms with Crippen LogP contribution in [0, 0.1) is 5.92 Å². The molecule has 2 heteroatoms. The smallest absolute Gasteiger partial charge is 0.126 e. The van der Waals surface area contributed by atoms with E-state index in [9.17, 15) is 0 Å². The Morgan fingerprint density at radius 1 is 1.32 bits per heavy atom. The van der Waals surface area contributed by atoms with Crippen molar-refractivity contribution in [2.24, 2.45) is 5.92 Å². The first kappa shape index (κ1) is 13.0. The van der Waals surface area contributed by atoms with Gasteiger partial charge in [0.25, 0.3) is 0 Å². The molecule has 0 bridgehead atoms. The molecule has 1 aliphatic heterocycles. The minimum absolute atomic E-state index is 0.582. The summed E-state index contributed by atoms with van der Waals surface area (Å²) < 4.78 is 5.90. The maximum atomic E-state index is 5.90. The number of rotatable bonds is 4. The van der Waals surface area contributed by atoms with Gasteiger partial charge in [0.05, 0.1) is 6.61 Å². The summed E-state index contributed by atoms with van der Waals surface area (Å²) in [5.74, 6) is 2.68. The highest BCUT2D eigenvalue weighted by molar-refractivity contribution is 5.46. The summed E-state index contributed by atoms with van der Waals surface area (Å²) >= 11 is 0. The third kappa shape index (κ3) is 2.64. The first-order valence-electron chi connectivity index (χ1n) is 7.73. The Bertz CT molecular complexity index is 441. The molecule has 2 unspecified atom stereocenters. The molecule has 0 amide bonds. The number of hydrogen-bond donors (Lipinski definition) is 1. The van der Waals surface area contributed by atoms with Crippen molar-refractivity contribution in [3.05, 3.63) is 29.3 Å². The minimum atomic E-state index is 0.582. The van der Waals surface area contributed by atoms with E-state index in [2.05, 4.69) is 37.4 Å². The average Bonchev–Trinajstić information content (AvgIpc) is 3.04. The van der Waals surface area contributed by atoms with E-state index in [1.807, 2.05) is 0 Å². The zero-order valence-corrected chi connectivity index (χ0v) is 12.1. The van der Waals surface area contributed by atoms with E-state index < -0.39 is 0 Å². The summed E-state index contributed by atoms with van der Waals surface area (Å²) in [7, 11) is 0. The Morgan fingerprint density at radius 3 is 3.05 bits per heavy atom.